The summed E-state index contributed by atoms with van der Waals surface area (Å²) in [6.07, 6.45) is 0. The van der Waals surface area contributed by atoms with Gasteiger partial charge in [-0.2, -0.15) is 0 Å². The van der Waals surface area contributed by atoms with Gasteiger partial charge in [-0.15, -0.1) is 0 Å². The number of nitrogens with two attached hydrogens (primary N) is 1. The summed E-state index contributed by atoms with van der Waals surface area (Å²) in [6.45, 7) is 1.81. The first-order valence-electron chi connectivity index (χ1n) is 3.98. The maximum atomic E-state index is 11.0. The zero-order valence-corrected chi connectivity index (χ0v) is 7.20. The number of fused-ring (bicyclic) bond motifs is 1. The molecule has 2 N–H and O–H groups in total. The molecule has 0 bridgehead atoms. The Morgan fingerprint density at radius 2 is 1.92 bits per heavy atom. The average Bonchev–Trinajstić information content (AvgIpc) is 2.45. The van der Waals surface area contributed by atoms with Crippen molar-refractivity contribution in [2.45, 2.75) is 6.92 Å². The largest absolute Gasteiger partial charge is 0.455 e. The second-order valence-electron chi connectivity index (χ2n) is 2.90. The minimum Gasteiger partial charge on any atom is -0.455 e. The van der Waals surface area contributed by atoms with E-state index in [0.29, 0.717) is 0 Å². The van der Waals surface area contributed by atoms with Crippen LogP contribution in [-0.4, -0.2) is 5.91 Å². The Hall–Kier alpha value is -1.77. The maximum Gasteiger partial charge on any atom is 0.285 e. The summed E-state index contributed by atoms with van der Waals surface area (Å²) in [5.74, 6) is 0.446. The number of benzene rings is 1. The number of hydrogen-bond donors (Lipinski definition) is 1. The van der Waals surface area contributed by atoms with Gasteiger partial charge in [-0.3, -0.25) is 4.79 Å². The number of hydrogen-bond acceptors (Lipinski definition) is 2. The Balaban J connectivity index is 2.85. The third-order valence-electron chi connectivity index (χ3n) is 2.03. The van der Waals surface area contributed by atoms with Crippen molar-refractivity contribution in [3.63, 3.8) is 0 Å². The van der Waals surface area contributed by atoms with Gasteiger partial charge in [0.25, 0.3) is 5.91 Å². The summed E-state index contributed by atoms with van der Waals surface area (Å²) in [7, 11) is 0. The van der Waals surface area contributed by atoms with Crippen LogP contribution in [0.5, 0.6) is 0 Å². The van der Waals surface area contributed by atoms with Crippen LogP contribution in [0, 0.1) is 6.92 Å². The molecular weight excluding hydrogens is 166 g/mol. The van der Waals surface area contributed by atoms with E-state index >= 15 is 0 Å². The quantitative estimate of drug-likeness (QED) is 0.718. The molecule has 2 aromatic rings. The second-order valence-corrected chi connectivity index (χ2v) is 2.90. The van der Waals surface area contributed by atoms with Crippen molar-refractivity contribution in [2.24, 2.45) is 5.73 Å². The first kappa shape index (κ1) is 7.86. The second kappa shape index (κ2) is 2.62. The number of primary amides is 1. The van der Waals surface area contributed by atoms with Crippen molar-refractivity contribution in [1.29, 1.82) is 0 Å². The van der Waals surface area contributed by atoms with E-state index in [0.717, 1.165) is 16.5 Å². The van der Waals surface area contributed by atoms with Crippen LogP contribution in [0.1, 0.15) is 16.3 Å². The fourth-order valence-electron chi connectivity index (χ4n) is 1.43. The van der Waals surface area contributed by atoms with Gasteiger partial charge in [-0.1, -0.05) is 24.3 Å². The van der Waals surface area contributed by atoms with Crippen molar-refractivity contribution in [3.05, 3.63) is 35.8 Å². The number of rotatable bonds is 1. The normalized spacial score (nSPS) is 10.5. The average molecular weight is 175 g/mol. The van der Waals surface area contributed by atoms with Crippen LogP contribution in [0.2, 0.25) is 0 Å². The molecule has 1 aromatic heterocycles. The van der Waals surface area contributed by atoms with E-state index < -0.39 is 5.91 Å². The summed E-state index contributed by atoms with van der Waals surface area (Å²) in [5.41, 5.74) is 5.16. The molecule has 0 aliphatic rings. The van der Waals surface area contributed by atoms with Gasteiger partial charge in [0.05, 0.1) is 0 Å². The van der Waals surface area contributed by atoms with Gasteiger partial charge in [0.2, 0.25) is 0 Å². The molecule has 0 radical (unpaired) electrons. The molecule has 1 aromatic carbocycles. The summed E-state index contributed by atoms with van der Waals surface area (Å²) in [5, 5.41) is 1.73. The van der Waals surface area contributed by atoms with Gasteiger partial charge in [-0.05, 0) is 6.92 Å². The number of aryl methyl sites for hydroxylation is 1. The first-order valence-corrected chi connectivity index (χ1v) is 3.98. The SMILES string of the molecule is Cc1oc(C(N)=O)c2ccccc12. The molecule has 0 spiro atoms. The van der Waals surface area contributed by atoms with Gasteiger partial charge >= 0.3 is 0 Å². The van der Waals surface area contributed by atoms with Crippen molar-refractivity contribution < 1.29 is 9.21 Å². The number of amides is 1. The minimum atomic E-state index is -0.524. The number of carbonyl (C=O) groups is 1. The van der Waals surface area contributed by atoms with Gasteiger partial charge in [-0.25, -0.2) is 0 Å². The molecule has 0 fully saturated rings. The van der Waals surface area contributed by atoms with E-state index in [-0.39, 0.29) is 5.76 Å². The third-order valence-corrected chi connectivity index (χ3v) is 2.03. The Bertz CT molecular complexity index is 471. The van der Waals surface area contributed by atoms with Crippen molar-refractivity contribution in [3.8, 4) is 0 Å². The fraction of sp³-hybridized carbons (Fsp3) is 0.100. The zero-order valence-electron chi connectivity index (χ0n) is 7.20. The number of furan rings is 1. The van der Waals surface area contributed by atoms with E-state index in [4.69, 9.17) is 10.2 Å². The molecule has 0 saturated heterocycles. The fourth-order valence-corrected chi connectivity index (χ4v) is 1.43. The highest BCUT2D eigenvalue weighted by Crippen LogP contribution is 2.24. The summed E-state index contributed by atoms with van der Waals surface area (Å²) in [6, 6.07) is 7.48. The van der Waals surface area contributed by atoms with Gasteiger partial charge < -0.3 is 10.2 Å². The molecule has 13 heavy (non-hydrogen) atoms. The monoisotopic (exact) mass is 175 g/mol. The van der Waals surface area contributed by atoms with Crippen LogP contribution in [-0.2, 0) is 0 Å². The van der Waals surface area contributed by atoms with Crippen molar-refractivity contribution in [2.75, 3.05) is 0 Å². The molecule has 0 aliphatic heterocycles. The predicted octanol–water partition coefficient (Wildman–Crippen LogP) is 1.84. The van der Waals surface area contributed by atoms with E-state index in [1.807, 2.05) is 31.2 Å². The molecule has 2 rings (SSSR count). The molecule has 0 aliphatic carbocycles. The van der Waals surface area contributed by atoms with E-state index in [2.05, 4.69) is 0 Å². The van der Waals surface area contributed by atoms with Gasteiger partial charge in [0.1, 0.15) is 5.76 Å². The molecular formula is C10H9NO2. The lowest BCUT2D eigenvalue weighted by Crippen LogP contribution is -2.09. The third kappa shape index (κ3) is 1.09. The maximum absolute atomic E-state index is 11.0. The molecule has 1 heterocycles. The standard InChI is InChI=1S/C10H9NO2/c1-6-7-4-2-3-5-8(7)9(13-6)10(11)12/h2-5H,1H3,(H2,11,12). The van der Waals surface area contributed by atoms with Crippen LogP contribution in [0.25, 0.3) is 10.8 Å². The molecule has 0 unspecified atom stereocenters. The van der Waals surface area contributed by atoms with E-state index in [1.165, 1.54) is 0 Å². The Morgan fingerprint density at radius 3 is 2.54 bits per heavy atom. The van der Waals surface area contributed by atoms with Crippen molar-refractivity contribution in [1.82, 2.24) is 0 Å². The first-order chi connectivity index (χ1) is 6.20. The Morgan fingerprint density at radius 1 is 1.31 bits per heavy atom. The Labute approximate surface area is 75.1 Å². The van der Waals surface area contributed by atoms with Crippen LogP contribution in [0.15, 0.2) is 28.7 Å². The van der Waals surface area contributed by atoms with Crippen LogP contribution >= 0.6 is 0 Å². The lowest BCUT2D eigenvalue weighted by Gasteiger charge is -1.88. The van der Waals surface area contributed by atoms with Gasteiger partial charge in [0.15, 0.2) is 5.76 Å². The molecule has 3 heteroatoms. The summed E-state index contributed by atoms with van der Waals surface area (Å²) < 4.78 is 5.25. The van der Waals surface area contributed by atoms with Crippen LogP contribution < -0.4 is 5.73 Å². The highest BCUT2D eigenvalue weighted by atomic mass is 16.3. The zero-order chi connectivity index (χ0) is 9.42. The highest BCUT2D eigenvalue weighted by Gasteiger charge is 2.13. The van der Waals surface area contributed by atoms with Gasteiger partial charge in [0, 0.05) is 10.8 Å². The highest BCUT2D eigenvalue weighted by molar-refractivity contribution is 6.04. The van der Waals surface area contributed by atoms with Crippen molar-refractivity contribution >= 4 is 16.7 Å². The van der Waals surface area contributed by atoms with Crippen LogP contribution in [0.4, 0.5) is 0 Å². The predicted molar refractivity (Wildman–Crippen MR) is 49.5 cm³/mol. The Kier molecular flexibility index (Phi) is 1.59. The molecule has 1 amide bonds. The molecule has 66 valence electrons. The summed E-state index contributed by atoms with van der Waals surface area (Å²) >= 11 is 0. The molecule has 0 atom stereocenters. The smallest absolute Gasteiger partial charge is 0.285 e. The van der Waals surface area contributed by atoms with Crippen LogP contribution in [0.3, 0.4) is 0 Å². The lowest BCUT2D eigenvalue weighted by molar-refractivity contribution is 0.0975. The topological polar surface area (TPSA) is 56.2 Å². The molecule has 0 saturated carbocycles. The summed E-state index contributed by atoms with van der Waals surface area (Å²) in [4.78, 5) is 11.0. The van der Waals surface area contributed by atoms with E-state index in [9.17, 15) is 4.79 Å². The molecule has 3 nitrogen and oxygen atoms in total. The lowest BCUT2D eigenvalue weighted by atomic mass is 10.1. The number of carbonyl (C=O) groups excluding carboxylic acids is 1. The minimum absolute atomic E-state index is 0.244. The van der Waals surface area contributed by atoms with E-state index in [1.54, 1.807) is 0 Å².